The molecule has 1 aliphatic heterocycles. The number of carboxylic acids is 1. The van der Waals surface area contributed by atoms with Crippen LogP contribution in [0.4, 0.5) is 5.69 Å². The number of furan rings is 1. The summed E-state index contributed by atoms with van der Waals surface area (Å²) in [5.74, 6) is -0.822. The number of amides is 1. The highest BCUT2D eigenvalue weighted by Gasteiger charge is 2.40. The Bertz CT molecular complexity index is 787. The van der Waals surface area contributed by atoms with Crippen molar-refractivity contribution in [2.24, 2.45) is 10.2 Å². The van der Waals surface area contributed by atoms with Gasteiger partial charge in [-0.25, -0.2) is 0 Å². The van der Waals surface area contributed by atoms with Gasteiger partial charge < -0.3 is 9.52 Å². The standard InChI is InChI=1S/C16H13N3O4S/c20-14(21)9-13-15(22)19(11-5-2-1-3-6-11)16(24-13)18-17-10-12-7-4-8-23-12/h1-8,10,13H,9H2,(H,20,21)/b17-10+,18-16-/t13-/m0/s1. The Morgan fingerprint density at radius 1 is 1.29 bits per heavy atom. The molecule has 3 rings (SSSR count). The fourth-order valence-corrected chi connectivity index (χ4v) is 3.22. The highest BCUT2D eigenvalue weighted by atomic mass is 32.2. The van der Waals surface area contributed by atoms with Crippen molar-refractivity contribution in [2.75, 3.05) is 4.90 Å². The lowest BCUT2D eigenvalue weighted by Crippen LogP contribution is -2.32. The molecule has 1 fully saturated rings. The van der Waals surface area contributed by atoms with Crippen molar-refractivity contribution < 1.29 is 19.1 Å². The molecule has 0 aliphatic carbocycles. The van der Waals surface area contributed by atoms with Crippen LogP contribution < -0.4 is 4.90 Å². The minimum absolute atomic E-state index is 0.270. The molecule has 0 radical (unpaired) electrons. The Morgan fingerprint density at radius 2 is 2.08 bits per heavy atom. The van der Waals surface area contributed by atoms with Gasteiger partial charge in [-0.05, 0) is 24.3 Å². The first-order valence-electron chi connectivity index (χ1n) is 7.07. The van der Waals surface area contributed by atoms with E-state index in [-0.39, 0.29) is 12.3 Å². The SMILES string of the molecule is O=C(O)C[C@@H]1S/C(=N\N=C\c2ccco2)N(c2ccccc2)C1=O. The molecular formula is C16H13N3O4S. The minimum Gasteiger partial charge on any atom is -0.481 e. The molecule has 8 heteroatoms. The Labute approximate surface area is 141 Å². The summed E-state index contributed by atoms with van der Waals surface area (Å²) in [4.78, 5) is 24.9. The molecule has 7 nitrogen and oxygen atoms in total. The van der Waals surface area contributed by atoms with Crippen LogP contribution in [0.2, 0.25) is 0 Å². The van der Waals surface area contributed by atoms with Crippen LogP contribution in [-0.4, -0.2) is 33.6 Å². The van der Waals surface area contributed by atoms with E-state index in [2.05, 4.69) is 10.2 Å². The van der Waals surface area contributed by atoms with Crippen molar-refractivity contribution in [2.45, 2.75) is 11.7 Å². The van der Waals surface area contributed by atoms with Gasteiger partial charge in [0.05, 0.1) is 24.6 Å². The Kier molecular flexibility index (Phi) is 4.76. The fraction of sp³-hybridized carbons (Fsp3) is 0.125. The lowest BCUT2D eigenvalue weighted by molar-refractivity contribution is -0.138. The summed E-state index contributed by atoms with van der Waals surface area (Å²) in [6, 6.07) is 12.4. The first kappa shape index (κ1) is 16.0. The van der Waals surface area contributed by atoms with Gasteiger partial charge in [0.2, 0.25) is 5.91 Å². The van der Waals surface area contributed by atoms with Gasteiger partial charge in [0.1, 0.15) is 11.0 Å². The van der Waals surface area contributed by atoms with E-state index in [1.807, 2.05) is 6.07 Å². The highest BCUT2D eigenvalue weighted by Crippen LogP contribution is 2.33. The number of hydrogen-bond donors (Lipinski definition) is 1. The van der Waals surface area contributed by atoms with Crippen LogP contribution in [0.1, 0.15) is 12.2 Å². The normalized spacial score (nSPS) is 19.5. The maximum atomic E-state index is 12.5. The van der Waals surface area contributed by atoms with Gasteiger partial charge in [-0.2, -0.15) is 5.10 Å². The van der Waals surface area contributed by atoms with Crippen LogP contribution in [0.3, 0.4) is 0 Å². The number of hydrogen-bond acceptors (Lipinski definition) is 6. The summed E-state index contributed by atoms with van der Waals surface area (Å²) in [6.07, 6.45) is 2.67. The summed E-state index contributed by atoms with van der Waals surface area (Å²) in [5, 5.41) is 16.6. The van der Waals surface area contributed by atoms with Crippen molar-refractivity contribution in [3.8, 4) is 0 Å². The maximum Gasteiger partial charge on any atom is 0.305 e. The zero-order valence-electron chi connectivity index (χ0n) is 12.4. The van der Waals surface area contributed by atoms with Crippen molar-refractivity contribution >= 4 is 40.7 Å². The third kappa shape index (κ3) is 3.54. The topological polar surface area (TPSA) is 95.5 Å². The smallest absolute Gasteiger partial charge is 0.305 e. The number of rotatable bonds is 5. The summed E-state index contributed by atoms with van der Waals surface area (Å²) in [6.45, 7) is 0. The third-order valence-corrected chi connectivity index (χ3v) is 4.31. The van der Waals surface area contributed by atoms with Gasteiger partial charge >= 0.3 is 5.97 Å². The highest BCUT2D eigenvalue weighted by molar-refractivity contribution is 8.16. The summed E-state index contributed by atoms with van der Waals surface area (Å²) in [5.41, 5.74) is 0.620. The average Bonchev–Trinajstić information content (AvgIpc) is 3.17. The van der Waals surface area contributed by atoms with E-state index in [9.17, 15) is 9.59 Å². The monoisotopic (exact) mass is 343 g/mol. The van der Waals surface area contributed by atoms with Gasteiger partial charge in [0, 0.05) is 0 Å². The molecule has 1 N–H and O–H groups in total. The number of benzene rings is 1. The van der Waals surface area contributed by atoms with E-state index in [0.717, 1.165) is 11.8 Å². The molecule has 0 spiro atoms. The molecule has 1 aliphatic rings. The van der Waals surface area contributed by atoms with Crippen LogP contribution in [0.15, 0.2) is 63.3 Å². The van der Waals surface area contributed by atoms with Crippen molar-refractivity contribution in [1.29, 1.82) is 0 Å². The van der Waals surface area contributed by atoms with Crippen molar-refractivity contribution in [3.63, 3.8) is 0 Å². The second-order valence-corrected chi connectivity index (χ2v) is 6.03. The van der Waals surface area contributed by atoms with Gasteiger partial charge in [0.25, 0.3) is 0 Å². The first-order valence-corrected chi connectivity index (χ1v) is 7.95. The Hall–Kier alpha value is -2.87. The molecule has 1 aromatic heterocycles. The molecule has 0 unspecified atom stereocenters. The Balaban J connectivity index is 1.88. The van der Waals surface area contributed by atoms with Crippen LogP contribution in [-0.2, 0) is 9.59 Å². The lowest BCUT2D eigenvalue weighted by Gasteiger charge is -2.15. The number of anilines is 1. The van der Waals surface area contributed by atoms with Gasteiger partial charge in [-0.15, -0.1) is 5.10 Å². The summed E-state index contributed by atoms with van der Waals surface area (Å²) >= 11 is 1.09. The van der Waals surface area contributed by atoms with Crippen molar-refractivity contribution in [1.82, 2.24) is 0 Å². The van der Waals surface area contributed by atoms with Crippen LogP contribution in [0.5, 0.6) is 0 Å². The van der Waals surface area contributed by atoms with E-state index in [1.165, 1.54) is 17.4 Å². The average molecular weight is 343 g/mol. The molecule has 24 heavy (non-hydrogen) atoms. The molecule has 0 bridgehead atoms. The van der Waals surface area contributed by atoms with Crippen molar-refractivity contribution in [3.05, 3.63) is 54.5 Å². The minimum atomic E-state index is -1.03. The molecular weight excluding hydrogens is 330 g/mol. The summed E-state index contributed by atoms with van der Waals surface area (Å²) in [7, 11) is 0. The molecule has 1 atom stereocenters. The number of aliphatic carboxylic acids is 1. The quantitative estimate of drug-likeness (QED) is 0.665. The summed E-state index contributed by atoms with van der Waals surface area (Å²) < 4.78 is 5.12. The molecule has 0 saturated carbocycles. The lowest BCUT2D eigenvalue weighted by atomic mass is 10.2. The number of nitrogens with zero attached hydrogens (tertiary/aromatic N) is 3. The predicted molar refractivity (Wildman–Crippen MR) is 91.3 cm³/mol. The van der Waals surface area contributed by atoms with Gasteiger partial charge in [-0.1, -0.05) is 30.0 Å². The van der Waals surface area contributed by atoms with Crippen LogP contribution in [0.25, 0.3) is 0 Å². The predicted octanol–water partition coefficient (Wildman–Crippen LogP) is 2.59. The van der Waals surface area contributed by atoms with E-state index in [1.54, 1.807) is 36.4 Å². The van der Waals surface area contributed by atoms with E-state index < -0.39 is 11.2 Å². The van der Waals surface area contributed by atoms with Crippen LogP contribution >= 0.6 is 11.8 Å². The zero-order chi connectivity index (χ0) is 16.9. The molecule has 1 aromatic carbocycles. The number of para-hydroxylation sites is 1. The third-order valence-electron chi connectivity index (χ3n) is 3.18. The van der Waals surface area contributed by atoms with E-state index >= 15 is 0 Å². The number of carboxylic acid groups (broad SMARTS) is 1. The fourth-order valence-electron chi connectivity index (χ4n) is 2.14. The Morgan fingerprint density at radius 3 is 2.75 bits per heavy atom. The van der Waals surface area contributed by atoms with Gasteiger partial charge in [0.15, 0.2) is 5.17 Å². The maximum absolute atomic E-state index is 12.5. The van der Waals surface area contributed by atoms with E-state index in [0.29, 0.717) is 16.6 Å². The zero-order valence-corrected chi connectivity index (χ0v) is 13.2. The number of thioether (sulfide) groups is 1. The molecule has 2 aromatic rings. The number of carbonyl (C=O) groups excluding carboxylic acids is 1. The largest absolute Gasteiger partial charge is 0.481 e. The number of amidine groups is 1. The number of carbonyl (C=O) groups is 2. The first-order chi connectivity index (χ1) is 11.6. The van der Waals surface area contributed by atoms with Gasteiger partial charge in [-0.3, -0.25) is 14.5 Å². The molecule has 1 amide bonds. The van der Waals surface area contributed by atoms with Crippen LogP contribution in [0, 0.1) is 0 Å². The molecule has 1 saturated heterocycles. The van der Waals surface area contributed by atoms with E-state index in [4.69, 9.17) is 9.52 Å². The molecule has 2 heterocycles. The second-order valence-electron chi connectivity index (χ2n) is 4.86. The second kappa shape index (κ2) is 7.14. The molecule has 122 valence electrons.